The number of hydrogen-bond donors (Lipinski definition) is 4. The van der Waals surface area contributed by atoms with Gasteiger partial charge in [0.25, 0.3) is 0 Å². The lowest BCUT2D eigenvalue weighted by Crippen LogP contribution is -2.35. The number of nitrogens with zero attached hydrogens (tertiary/aromatic N) is 2. The van der Waals surface area contributed by atoms with E-state index in [0.29, 0.717) is 38.8 Å². The molecule has 0 fully saturated rings. The van der Waals surface area contributed by atoms with Crippen molar-refractivity contribution in [1.29, 1.82) is 0 Å². The van der Waals surface area contributed by atoms with Crippen LogP contribution < -0.4 is 10.6 Å². The van der Waals surface area contributed by atoms with Crippen LogP contribution in [0.2, 0.25) is 0 Å². The van der Waals surface area contributed by atoms with Crippen molar-refractivity contribution in [2.75, 3.05) is 53.4 Å². The summed E-state index contributed by atoms with van der Waals surface area (Å²) >= 11 is 0. The number of amides is 2. The molecule has 0 aromatic rings. The number of likely N-dealkylation sites (N-methyl/N-ethyl adjacent to an activating group) is 2. The Morgan fingerprint density at radius 3 is 1.46 bits per heavy atom. The molecule has 0 radical (unpaired) electrons. The van der Waals surface area contributed by atoms with Crippen molar-refractivity contribution in [3.8, 4) is 0 Å². The lowest BCUT2D eigenvalue weighted by atomic mass is 10.0. The predicted molar refractivity (Wildman–Crippen MR) is 268 cm³/mol. The van der Waals surface area contributed by atoms with Gasteiger partial charge in [-0.1, -0.05) is 161 Å². The van der Waals surface area contributed by atoms with E-state index in [1.54, 1.807) is 12.2 Å². The Bertz CT molecular complexity index is 1220. The molecule has 4 atom stereocenters. The van der Waals surface area contributed by atoms with Crippen molar-refractivity contribution in [2.45, 2.75) is 238 Å². The van der Waals surface area contributed by atoms with Crippen LogP contribution in [0, 0.1) is 0 Å². The molecule has 0 aromatic carbocycles. The Morgan fingerprint density at radius 2 is 0.938 bits per heavy atom. The number of aliphatic hydroxyl groups is 2. The highest BCUT2D eigenvalue weighted by Gasteiger charge is 2.24. The van der Waals surface area contributed by atoms with Gasteiger partial charge in [-0.15, -0.1) is 0 Å². The molecule has 65 heavy (non-hydrogen) atoms. The molecule has 0 heterocycles. The van der Waals surface area contributed by atoms with Crippen molar-refractivity contribution >= 4 is 23.8 Å². The lowest BCUT2D eigenvalue weighted by molar-refractivity contribution is -0.157. The first-order valence-corrected chi connectivity index (χ1v) is 26.4. The number of nitrogens with one attached hydrogen (secondary N) is 2. The summed E-state index contributed by atoms with van der Waals surface area (Å²) < 4.78 is 11.5. The standard InChI is InChI=1S/C53H100N4O8/c1-7-11-14-15-16-17-18-21-24-27-34-43-57(6)45-53(63)65-48(37-28-12-8-2)46(58)35-30-25-22-19-20-23-26-31-39-50(60)54-41-42-55-51(61)40-33-32-36-47(59)49(38-29-13-9-3)64-52(62)44-56(5)10-4/h25,30,32-33,46-49,58-59H,7-24,26-29,31,34-45H2,1-6H3,(H,54,60)(H,55,61)/b30-25+,33-32+. The smallest absolute Gasteiger partial charge is 0.320 e. The topological polar surface area (TPSA) is 158 Å². The van der Waals surface area contributed by atoms with Crippen molar-refractivity contribution < 1.29 is 38.9 Å². The fraction of sp³-hybridized carbons (Fsp3) is 0.849. The van der Waals surface area contributed by atoms with Crippen LogP contribution >= 0.6 is 0 Å². The van der Waals surface area contributed by atoms with Crippen LogP contribution in [0.25, 0.3) is 0 Å². The molecule has 0 spiro atoms. The maximum atomic E-state index is 12.8. The Balaban J connectivity index is 4.18. The van der Waals surface area contributed by atoms with Gasteiger partial charge in [0.05, 0.1) is 25.3 Å². The van der Waals surface area contributed by atoms with Crippen LogP contribution in [0.3, 0.4) is 0 Å². The number of ether oxygens (including phenoxy) is 2. The average molecular weight is 921 g/mol. The van der Waals surface area contributed by atoms with Crippen LogP contribution in [0.4, 0.5) is 0 Å². The van der Waals surface area contributed by atoms with Gasteiger partial charge in [0.2, 0.25) is 11.8 Å². The van der Waals surface area contributed by atoms with Gasteiger partial charge in [-0.05, 0) is 91.4 Å². The summed E-state index contributed by atoms with van der Waals surface area (Å²) in [6, 6.07) is 0. The van der Waals surface area contributed by atoms with E-state index in [4.69, 9.17) is 9.47 Å². The summed E-state index contributed by atoms with van der Waals surface area (Å²) in [7, 11) is 3.83. The summed E-state index contributed by atoms with van der Waals surface area (Å²) in [4.78, 5) is 53.6. The number of aliphatic hydroxyl groups excluding tert-OH is 2. The lowest BCUT2D eigenvalue weighted by Gasteiger charge is -2.24. The van der Waals surface area contributed by atoms with Crippen molar-refractivity contribution in [1.82, 2.24) is 20.4 Å². The molecule has 0 aliphatic rings. The van der Waals surface area contributed by atoms with E-state index < -0.39 is 24.4 Å². The molecule has 0 saturated carbocycles. The first-order chi connectivity index (χ1) is 31.5. The minimum atomic E-state index is -0.836. The van der Waals surface area contributed by atoms with E-state index in [1.807, 2.05) is 36.9 Å². The molecule has 380 valence electrons. The van der Waals surface area contributed by atoms with Crippen LogP contribution in [-0.4, -0.2) is 122 Å². The fourth-order valence-electron chi connectivity index (χ4n) is 7.67. The maximum Gasteiger partial charge on any atom is 0.320 e. The molecule has 12 nitrogen and oxygen atoms in total. The number of esters is 2. The van der Waals surface area contributed by atoms with Gasteiger partial charge in [0.1, 0.15) is 12.2 Å². The second kappa shape index (κ2) is 45.0. The minimum absolute atomic E-state index is 0.0181. The summed E-state index contributed by atoms with van der Waals surface area (Å²) in [6.07, 6.45) is 33.8. The molecule has 0 rings (SSSR count). The van der Waals surface area contributed by atoms with Gasteiger partial charge in [-0.2, -0.15) is 0 Å². The molecule has 4 unspecified atom stereocenters. The van der Waals surface area contributed by atoms with E-state index in [-0.39, 0.29) is 49.7 Å². The van der Waals surface area contributed by atoms with E-state index in [9.17, 15) is 29.4 Å². The summed E-state index contributed by atoms with van der Waals surface area (Å²) in [5.74, 6) is -0.782. The molecule has 0 bridgehead atoms. The number of carbonyl (C=O) groups excluding carboxylic acids is 4. The van der Waals surface area contributed by atoms with Gasteiger partial charge in [-0.25, -0.2) is 0 Å². The van der Waals surface area contributed by atoms with Gasteiger partial charge < -0.3 is 30.3 Å². The molecular formula is C53H100N4O8. The number of allylic oxidation sites excluding steroid dienone is 1. The average Bonchev–Trinajstić information content (AvgIpc) is 3.28. The highest BCUT2D eigenvalue weighted by molar-refractivity contribution is 5.78. The highest BCUT2D eigenvalue weighted by Crippen LogP contribution is 2.17. The zero-order valence-corrected chi connectivity index (χ0v) is 42.6. The first-order valence-electron chi connectivity index (χ1n) is 26.4. The summed E-state index contributed by atoms with van der Waals surface area (Å²) in [6.45, 7) is 11.2. The Hall–Kier alpha value is -2.80. The van der Waals surface area contributed by atoms with E-state index in [1.165, 1.54) is 64.2 Å². The molecule has 0 saturated heterocycles. The largest absolute Gasteiger partial charge is 0.459 e. The second-order valence-corrected chi connectivity index (χ2v) is 18.4. The predicted octanol–water partition coefficient (Wildman–Crippen LogP) is 10.1. The number of rotatable bonds is 46. The first kappa shape index (κ1) is 62.2. The monoisotopic (exact) mass is 921 g/mol. The fourth-order valence-corrected chi connectivity index (χ4v) is 7.67. The van der Waals surface area contributed by atoms with Crippen molar-refractivity contribution in [3.63, 3.8) is 0 Å². The molecule has 4 N–H and O–H groups in total. The molecular weight excluding hydrogens is 821 g/mol. The van der Waals surface area contributed by atoms with Gasteiger partial charge in [-0.3, -0.25) is 29.0 Å². The minimum Gasteiger partial charge on any atom is -0.459 e. The van der Waals surface area contributed by atoms with Crippen LogP contribution in [0.5, 0.6) is 0 Å². The van der Waals surface area contributed by atoms with Crippen LogP contribution in [-0.2, 0) is 28.7 Å². The Morgan fingerprint density at radius 1 is 0.508 bits per heavy atom. The number of carbonyl (C=O) groups is 4. The van der Waals surface area contributed by atoms with Gasteiger partial charge in [0, 0.05) is 25.9 Å². The SMILES string of the molecule is CCCCCCCCCCCCCN(C)CC(=O)OC(CCCCC)C(O)C/C=C/CCCCCCCC(=O)NCCNC(=O)C/C=C/CC(O)C(CCCCC)OC(=O)CN(C)CC. The van der Waals surface area contributed by atoms with E-state index in [0.717, 1.165) is 96.6 Å². The summed E-state index contributed by atoms with van der Waals surface area (Å²) in [5, 5.41) is 27.4. The van der Waals surface area contributed by atoms with E-state index >= 15 is 0 Å². The van der Waals surface area contributed by atoms with Gasteiger partial charge >= 0.3 is 11.9 Å². The zero-order valence-electron chi connectivity index (χ0n) is 42.6. The highest BCUT2D eigenvalue weighted by atomic mass is 16.6. The van der Waals surface area contributed by atoms with Gasteiger partial charge in [0.15, 0.2) is 0 Å². The molecule has 0 aliphatic carbocycles. The zero-order chi connectivity index (χ0) is 48.2. The second-order valence-electron chi connectivity index (χ2n) is 18.4. The quantitative estimate of drug-likeness (QED) is 0.0263. The van der Waals surface area contributed by atoms with Crippen molar-refractivity contribution in [2.24, 2.45) is 0 Å². The van der Waals surface area contributed by atoms with Crippen LogP contribution in [0.1, 0.15) is 214 Å². The molecule has 12 heteroatoms. The summed E-state index contributed by atoms with van der Waals surface area (Å²) in [5.41, 5.74) is 0. The van der Waals surface area contributed by atoms with E-state index in [2.05, 4.69) is 37.5 Å². The molecule has 2 amide bonds. The third kappa shape index (κ3) is 40.0. The Kier molecular flexibility index (Phi) is 43.1. The third-order valence-corrected chi connectivity index (χ3v) is 12.0. The van der Waals surface area contributed by atoms with Crippen LogP contribution in [0.15, 0.2) is 24.3 Å². The number of hydrogen-bond acceptors (Lipinski definition) is 10. The molecule has 0 aromatic heterocycles. The molecule has 0 aliphatic heterocycles. The number of unbranched alkanes of at least 4 members (excludes halogenated alkanes) is 19. The normalized spacial score (nSPS) is 13.7. The Labute approximate surface area is 397 Å². The maximum absolute atomic E-state index is 12.8. The third-order valence-electron chi connectivity index (χ3n) is 12.0. The van der Waals surface area contributed by atoms with Crippen molar-refractivity contribution in [3.05, 3.63) is 24.3 Å².